The Kier molecular flexibility index (Phi) is 6.27. The Bertz CT molecular complexity index is 670. The Balaban J connectivity index is 1.96. The zero-order valence-electron chi connectivity index (χ0n) is 13.4. The summed E-state index contributed by atoms with van der Waals surface area (Å²) in [6.45, 7) is 6.25. The summed E-state index contributed by atoms with van der Waals surface area (Å²) in [4.78, 5) is 12.3. The number of benzene rings is 2. The van der Waals surface area contributed by atoms with Gasteiger partial charge < -0.3 is 14.8 Å². The molecule has 1 atom stereocenters. The SMILES string of the molecule is CCOc1ccc(OC(C)C(=O)Nc2ccc(I)cc2C)cc1. The van der Waals surface area contributed by atoms with Crippen molar-refractivity contribution < 1.29 is 14.3 Å². The molecule has 0 bridgehead atoms. The van der Waals surface area contributed by atoms with E-state index in [9.17, 15) is 4.79 Å². The molecule has 2 rings (SSSR count). The van der Waals surface area contributed by atoms with Crippen molar-refractivity contribution in [2.45, 2.75) is 26.9 Å². The number of rotatable bonds is 6. The summed E-state index contributed by atoms with van der Waals surface area (Å²) in [7, 11) is 0. The summed E-state index contributed by atoms with van der Waals surface area (Å²) in [6.07, 6.45) is -0.591. The summed E-state index contributed by atoms with van der Waals surface area (Å²) in [5.41, 5.74) is 1.83. The van der Waals surface area contributed by atoms with Crippen molar-refractivity contribution in [3.05, 3.63) is 51.6 Å². The molecule has 0 aliphatic rings. The van der Waals surface area contributed by atoms with E-state index in [1.807, 2.05) is 44.2 Å². The third-order valence-electron chi connectivity index (χ3n) is 3.26. The number of hydrogen-bond donors (Lipinski definition) is 1. The Morgan fingerprint density at radius 1 is 1.17 bits per heavy atom. The van der Waals surface area contributed by atoms with E-state index in [2.05, 4.69) is 27.9 Å². The third kappa shape index (κ3) is 5.13. The first-order valence-corrected chi connectivity index (χ1v) is 8.54. The number of ether oxygens (including phenoxy) is 2. The molecular weight excluding hydrogens is 405 g/mol. The van der Waals surface area contributed by atoms with Crippen LogP contribution in [0.25, 0.3) is 0 Å². The molecule has 0 aromatic heterocycles. The number of aryl methyl sites for hydroxylation is 1. The van der Waals surface area contributed by atoms with Gasteiger partial charge in [0.2, 0.25) is 0 Å². The summed E-state index contributed by atoms with van der Waals surface area (Å²) >= 11 is 2.24. The fourth-order valence-electron chi connectivity index (χ4n) is 2.04. The Labute approximate surface area is 150 Å². The molecule has 1 amide bonds. The van der Waals surface area contributed by atoms with E-state index >= 15 is 0 Å². The average molecular weight is 425 g/mol. The molecule has 0 saturated heterocycles. The molecule has 5 heteroatoms. The predicted octanol–water partition coefficient (Wildman–Crippen LogP) is 4.40. The highest BCUT2D eigenvalue weighted by atomic mass is 127. The zero-order valence-corrected chi connectivity index (χ0v) is 15.6. The van der Waals surface area contributed by atoms with E-state index in [0.29, 0.717) is 12.4 Å². The van der Waals surface area contributed by atoms with Crippen LogP contribution >= 0.6 is 22.6 Å². The lowest BCUT2D eigenvalue weighted by atomic mass is 10.2. The van der Waals surface area contributed by atoms with E-state index in [1.165, 1.54) is 0 Å². The highest BCUT2D eigenvalue weighted by Gasteiger charge is 2.15. The van der Waals surface area contributed by atoms with Gasteiger partial charge in [0.1, 0.15) is 11.5 Å². The number of halogens is 1. The van der Waals surface area contributed by atoms with Crippen LogP contribution in [0.3, 0.4) is 0 Å². The Hall–Kier alpha value is -1.76. The van der Waals surface area contributed by atoms with Crippen LogP contribution in [0.5, 0.6) is 11.5 Å². The lowest BCUT2D eigenvalue weighted by Crippen LogP contribution is -2.30. The predicted molar refractivity (Wildman–Crippen MR) is 100 cm³/mol. The summed E-state index contributed by atoms with van der Waals surface area (Å²) in [6, 6.07) is 13.1. The van der Waals surface area contributed by atoms with Gasteiger partial charge in [-0.15, -0.1) is 0 Å². The van der Waals surface area contributed by atoms with Gasteiger partial charge in [0.25, 0.3) is 5.91 Å². The zero-order chi connectivity index (χ0) is 16.8. The van der Waals surface area contributed by atoms with Gasteiger partial charge in [-0.05, 0) is 91.4 Å². The van der Waals surface area contributed by atoms with Gasteiger partial charge in [-0.3, -0.25) is 4.79 Å². The van der Waals surface area contributed by atoms with Gasteiger partial charge in [-0.25, -0.2) is 0 Å². The number of amides is 1. The first-order chi connectivity index (χ1) is 11.0. The normalized spacial score (nSPS) is 11.7. The molecule has 4 nitrogen and oxygen atoms in total. The molecule has 0 radical (unpaired) electrons. The first kappa shape index (κ1) is 17.6. The van der Waals surface area contributed by atoms with Gasteiger partial charge in [0.15, 0.2) is 6.10 Å². The maximum Gasteiger partial charge on any atom is 0.265 e. The maximum absolute atomic E-state index is 12.3. The lowest BCUT2D eigenvalue weighted by Gasteiger charge is -2.16. The van der Waals surface area contributed by atoms with Crippen molar-refractivity contribution in [2.75, 3.05) is 11.9 Å². The van der Waals surface area contributed by atoms with Gasteiger partial charge in [0.05, 0.1) is 6.61 Å². The molecule has 0 aliphatic heterocycles. The van der Waals surface area contributed by atoms with Gasteiger partial charge in [0, 0.05) is 9.26 Å². The third-order valence-corrected chi connectivity index (χ3v) is 3.93. The molecule has 0 saturated carbocycles. The second kappa shape index (κ2) is 8.19. The van der Waals surface area contributed by atoms with Crippen LogP contribution in [-0.2, 0) is 4.79 Å². The molecule has 0 heterocycles. The van der Waals surface area contributed by atoms with Crippen LogP contribution < -0.4 is 14.8 Å². The second-order valence-electron chi connectivity index (χ2n) is 5.11. The number of carbonyl (C=O) groups is 1. The number of carbonyl (C=O) groups excluding carboxylic acids is 1. The first-order valence-electron chi connectivity index (χ1n) is 7.46. The monoisotopic (exact) mass is 425 g/mol. The van der Waals surface area contributed by atoms with E-state index < -0.39 is 6.10 Å². The van der Waals surface area contributed by atoms with Crippen molar-refractivity contribution in [1.82, 2.24) is 0 Å². The van der Waals surface area contributed by atoms with Crippen molar-refractivity contribution in [1.29, 1.82) is 0 Å². The minimum atomic E-state index is -0.591. The van der Waals surface area contributed by atoms with Crippen molar-refractivity contribution in [3.8, 4) is 11.5 Å². The average Bonchev–Trinajstić information content (AvgIpc) is 2.52. The summed E-state index contributed by atoms with van der Waals surface area (Å²) in [5.74, 6) is 1.24. The van der Waals surface area contributed by atoms with Crippen LogP contribution in [-0.4, -0.2) is 18.6 Å². The smallest absolute Gasteiger partial charge is 0.265 e. The second-order valence-corrected chi connectivity index (χ2v) is 6.36. The van der Waals surface area contributed by atoms with Crippen LogP contribution in [0.2, 0.25) is 0 Å². The van der Waals surface area contributed by atoms with E-state index in [1.54, 1.807) is 19.1 Å². The Morgan fingerprint density at radius 2 is 1.83 bits per heavy atom. The van der Waals surface area contributed by atoms with Gasteiger partial charge in [-0.2, -0.15) is 0 Å². The Morgan fingerprint density at radius 3 is 2.43 bits per heavy atom. The van der Waals surface area contributed by atoms with E-state index in [0.717, 1.165) is 20.6 Å². The molecule has 1 N–H and O–H groups in total. The lowest BCUT2D eigenvalue weighted by molar-refractivity contribution is -0.122. The largest absolute Gasteiger partial charge is 0.494 e. The molecule has 2 aromatic carbocycles. The number of hydrogen-bond acceptors (Lipinski definition) is 3. The standard InChI is InChI=1S/C18H20INO3/c1-4-22-15-6-8-16(9-7-15)23-13(3)18(21)20-17-10-5-14(19)11-12(17)2/h5-11,13H,4H2,1-3H3,(H,20,21). The highest BCUT2D eigenvalue weighted by Crippen LogP contribution is 2.20. The fraction of sp³-hybridized carbons (Fsp3) is 0.278. The molecule has 23 heavy (non-hydrogen) atoms. The quantitative estimate of drug-likeness (QED) is 0.698. The van der Waals surface area contributed by atoms with Gasteiger partial charge in [-0.1, -0.05) is 0 Å². The minimum Gasteiger partial charge on any atom is -0.494 e. The van der Waals surface area contributed by atoms with Crippen molar-refractivity contribution in [3.63, 3.8) is 0 Å². The highest BCUT2D eigenvalue weighted by molar-refractivity contribution is 14.1. The molecule has 1 unspecified atom stereocenters. The molecular formula is C18H20INO3. The summed E-state index contributed by atoms with van der Waals surface area (Å²) in [5, 5.41) is 2.90. The molecule has 2 aromatic rings. The van der Waals surface area contributed by atoms with Crippen LogP contribution in [0.1, 0.15) is 19.4 Å². The van der Waals surface area contributed by atoms with E-state index in [4.69, 9.17) is 9.47 Å². The topological polar surface area (TPSA) is 47.6 Å². The van der Waals surface area contributed by atoms with Crippen molar-refractivity contribution >= 4 is 34.2 Å². The van der Waals surface area contributed by atoms with Gasteiger partial charge >= 0.3 is 0 Å². The van der Waals surface area contributed by atoms with E-state index in [-0.39, 0.29) is 5.91 Å². The maximum atomic E-state index is 12.3. The number of nitrogens with one attached hydrogen (secondary N) is 1. The fourth-order valence-corrected chi connectivity index (χ4v) is 2.69. The summed E-state index contributed by atoms with van der Waals surface area (Å²) < 4.78 is 12.2. The van der Waals surface area contributed by atoms with Crippen LogP contribution in [0.4, 0.5) is 5.69 Å². The molecule has 0 aliphatic carbocycles. The number of anilines is 1. The van der Waals surface area contributed by atoms with Crippen LogP contribution in [0, 0.1) is 10.5 Å². The molecule has 122 valence electrons. The van der Waals surface area contributed by atoms with Crippen LogP contribution in [0.15, 0.2) is 42.5 Å². The molecule has 0 fully saturated rings. The van der Waals surface area contributed by atoms with Crippen molar-refractivity contribution in [2.24, 2.45) is 0 Å². The minimum absolute atomic E-state index is 0.178. The molecule has 0 spiro atoms.